The van der Waals surface area contributed by atoms with Crippen molar-refractivity contribution in [3.63, 3.8) is 0 Å². The molecule has 0 bridgehead atoms. The van der Waals surface area contributed by atoms with Crippen molar-refractivity contribution in [2.45, 2.75) is 31.9 Å². The summed E-state index contributed by atoms with van der Waals surface area (Å²) in [6, 6.07) is 0. The van der Waals surface area contributed by atoms with Crippen LogP contribution in [0.3, 0.4) is 0 Å². The number of alkyl halides is 3. The van der Waals surface area contributed by atoms with Crippen molar-refractivity contribution in [1.82, 2.24) is 0 Å². The zero-order chi connectivity index (χ0) is 9.19. The summed E-state index contributed by atoms with van der Waals surface area (Å²) < 4.78 is 36.3. The van der Waals surface area contributed by atoms with Gasteiger partial charge in [-0.1, -0.05) is 5.16 Å². The first-order valence-corrected chi connectivity index (χ1v) is 3.80. The summed E-state index contributed by atoms with van der Waals surface area (Å²) in [5, 5.41) is 11.1. The van der Waals surface area contributed by atoms with E-state index in [-0.39, 0.29) is 18.6 Å². The smallest absolute Gasteiger partial charge is 0.392 e. The molecule has 0 aromatic heterocycles. The quantitative estimate of drug-likeness (QED) is 0.452. The highest BCUT2D eigenvalue weighted by Crippen LogP contribution is 2.36. The molecule has 0 saturated heterocycles. The molecule has 0 heterocycles. The molecule has 0 aromatic rings. The molecule has 1 saturated carbocycles. The van der Waals surface area contributed by atoms with Gasteiger partial charge < -0.3 is 5.21 Å². The van der Waals surface area contributed by atoms with Crippen molar-refractivity contribution in [3.05, 3.63) is 0 Å². The molecule has 70 valence electrons. The lowest BCUT2D eigenvalue weighted by molar-refractivity contribution is -0.175. The second-order valence-corrected chi connectivity index (χ2v) is 3.00. The molecule has 1 rings (SSSR count). The maximum atomic E-state index is 12.1. The van der Waals surface area contributed by atoms with Crippen LogP contribution in [0.5, 0.6) is 0 Å². The Balaban J connectivity index is 2.58. The molecule has 1 N–H and O–H groups in total. The van der Waals surface area contributed by atoms with Crippen molar-refractivity contribution in [2.24, 2.45) is 11.1 Å². The summed E-state index contributed by atoms with van der Waals surface area (Å²) in [6.07, 6.45) is -3.18. The van der Waals surface area contributed by atoms with Gasteiger partial charge in [-0.3, -0.25) is 0 Å². The Hall–Kier alpha value is -0.740. The average Bonchev–Trinajstić information content (AvgIpc) is 2.03. The van der Waals surface area contributed by atoms with E-state index in [4.69, 9.17) is 5.21 Å². The van der Waals surface area contributed by atoms with Gasteiger partial charge in [0.05, 0.1) is 11.6 Å². The Morgan fingerprint density at radius 2 is 2.08 bits per heavy atom. The predicted octanol–water partition coefficient (Wildman–Crippen LogP) is 2.57. The van der Waals surface area contributed by atoms with Gasteiger partial charge >= 0.3 is 6.18 Å². The SMILES string of the molecule is O/N=C1\CCCC(C(F)(F)F)C1. The molecule has 5 heteroatoms. The lowest BCUT2D eigenvalue weighted by atomic mass is 9.87. The number of nitrogens with zero attached hydrogens (tertiary/aromatic N) is 1. The highest BCUT2D eigenvalue weighted by atomic mass is 19.4. The van der Waals surface area contributed by atoms with E-state index in [0.29, 0.717) is 12.8 Å². The van der Waals surface area contributed by atoms with Crippen LogP contribution < -0.4 is 0 Å². The van der Waals surface area contributed by atoms with E-state index in [1.807, 2.05) is 0 Å². The minimum absolute atomic E-state index is 0.139. The molecule has 1 aliphatic carbocycles. The van der Waals surface area contributed by atoms with Crippen LogP contribution in [0.4, 0.5) is 13.2 Å². The second kappa shape index (κ2) is 3.33. The second-order valence-electron chi connectivity index (χ2n) is 3.00. The number of halogens is 3. The van der Waals surface area contributed by atoms with E-state index < -0.39 is 12.1 Å². The number of oxime groups is 1. The first-order valence-electron chi connectivity index (χ1n) is 3.80. The van der Waals surface area contributed by atoms with Crippen LogP contribution in [0.15, 0.2) is 5.16 Å². The first-order chi connectivity index (χ1) is 5.54. The van der Waals surface area contributed by atoms with Crippen LogP contribution in [-0.2, 0) is 0 Å². The third-order valence-electron chi connectivity index (χ3n) is 2.10. The lowest BCUT2D eigenvalue weighted by Crippen LogP contribution is -2.28. The molecule has 0 aromatic carbocycles. The molecule has 1 unspecified atom stereocenters. The fourth-order valence-corrected chi connectivity index (χ4v) is 1.41. The summed E-state index contributed by atoms with van der Waals surface area (Å²) in [5.41, 5.74) is 0.267. The number of rotatable bonds is 0. The predicted molar refractivity (Wildman–Crippen MR) is 37.2 cm³/mol. The van der Waals surface area contributed by atoms with Gasteiger partial charge in [-0.25, -0.2) is 0 Å². The maximum absolute atomic E-state index is 12.1. The fraction of sp³-hybridized carbons (Fsp3) is 0.857. The number of hydrogen-bond acceptors (Lipinski definition) is 2. The highest BCUT2D eigenvalue weighted by molar-refractivity contribution is 5.84. The summed E-state index contributed by atoms with van der Waals surface area (Å²) in [5.74, 6) is -1.31. The molecule has 0 radical (unpaired) electrons. The largest absolute Gasteiger partial charge is 0.411 e. The van der Waals surface area contributed by atoms with Crippen LogP contribution in [0.25, 0.3) is 0 Å². The van der Waals surface area contributed by atoms with Gasteiger partial charge in [-0.2, -0.15) is 13.2 Å². The minimum atomic E-state index is -4.14. The zero-order valence-corrected chi connectivity index (χ0v) is 6.43. The molecule has 1 aliphatic rings. The van der Waals surface area contributed by atoms with Crippen LogP contribution in [0.2, 0.25) is 0 Å². The van der Waals surface area contributed by atoms with E-state index >= 15 is 0 Å². The Bertz CT molecular complexity index is 188. The lowest BCUT2D eigenvalue weighted by Gasteiger charge is -2.24. The Kier molecular flexibility index (Phi) is 2.59. The van der Waals surface area contributed by atoms with Crippen LogP contribution >= 0.6 is 0 Å². The van der Waals surface area contributed by atoms with E-state index in [1.54, 1.807) is 0 Å². The van der Waals surface area contributed by atoms with E-state index in [2.05, 4.69) is 5.16 Å². The van der Waals surface area contributed by atoms with Gasteiger partial charge in [-0.05, 0) is 19.3 Å². The van der Waals surface area contributed by atoms with E-state index in [9.17, 15) is 13.2 Å². The molecule has 12 heavy (non-hydrogen) atoms. The summed E-state index contributed by atoms with van der Waals surface area (Å²) in [6.45, 7) is 0. The fourth-order valence-electron chi connectivity index (χ4n) is 1.41. The Labute approximate surface area is 68.1 Å². The summed E-state index contributed by atoms with van der Waals surface area (Å²) >= 11 is 0. The monoisotopic (exact) mass is 181 g/mol. The minimum Gasteiger partial charge on any atom is -0.411 e. The van der Waals surface area contributed by atoms with Crippen molar-refractivity contribution in [1.29, 1.82) is 0 Å². The normalized spacial score (nSPS) is 29.2. The summed E-state index contributed by atoms with van der Waals surface area (Å²) in [4.78, 5) is 0. The average molecular weight is 181 g/mol. The van der Waals surface area contributed by atoms with Gasteiger partial charge in [0.15, 0.2) is 0 Å². The maximum Gasteiger partial charge on any atom is 0.392 e. The van der Waals surface area contributed by atoms with Gasteiger partial charge in [-0.15, -0.1) is 0 Å². The van der Waals surface area contributed by atoms with E-state index in [1.165, 1.54) is 0 Å². The standard InChI is InChI=1S/C7H10F3NO/c8-7(9,10)5-2-1-3-6(4-5)11-12/h5,12H,1-4H2/b11-6+. The van der Waals surface area contributed by atoms with E-state index in [0.717, 1.165) is 0 Å². The van der Waals surface area contributed by atoms with Crippen molar-refractivity contribution >= 4 is 5.71 Å². The van der Waals surface area contributed by atoms with Gasteiger partial charge in [0.25, 0.3) is 0 Å². The van der Waals surface area contributed by atoms with Crippen molar-refractivity contribution in [3.8, 4) is 0 Å². The van der Waals surface area contributed by atoms with Gasteiger partial charge in [0, 0.05) is 6.42 Å². The number of hydrogen-bond donors (Lipinski definition) is 1. The third kappa shape index (κ3) is 2.12. The van der Waals surface area contributed by atoms with Crippen molar-refractivity contribution < 1.29 is 18.4 Å². The Morgan fingerprint density at radius 1 is 1.42 bits per heavy atom. The molecule has 2 nitrogen and oxygen atoms in total. The highest BCUT2D eigenvalue weighted by Gasteiger charge is 2.41. The molecule has 1 fully saturated rings. The molecule has 0 aliphatic heterocycles. The zero-order valence-electron chi connectivity index (χ0n) is 6.43. The van der Waals surface area contributed by atoms with Crippen LogP contribution in [-0.4, -0.2) is 17.1 Å². The molecule has 1 atom stereocenters. The van der Waals surface area contributed by atoms with Crippen LogP contribution in [0, 0.1) is 5.92 Å². The summed E-state index contributed by atoms with van der Waals surface area (Å²) in [7, 11) is 0. The molecule has 0 spiro atoms. The van der Waals surface area contributed by atoms with Crippen LogP contribution in [0.1, 0.15) is 25.7 Å². The first kappa shape index (κ1) is 9.35. The topological polar surface area (TPSA) is 32.6 Å². The van der Waals surface area contributed by atoms with Gasteiger partial charge in [0.1, 0.15) is 0 Å². The molecule has 0 amide bonds. The van der Waals surface area contributed by atoms with Gasteiger partial charge in [0.2, 0.25) is 0 Å². The van der Waals surface area contributed by atoms with Crippen molar-refractivity contribution in [2.75, 3.05) is 0 Å². The third-order valence-corrected chi connectivity index (χ3v) is 2.10. The Morgan fingerprint density at radius 3 is 2.58 bits per heavy atom. The molecular formula is C7H10F3NO. The molecular weight excluding hydrogens is 171 g/mol.